The molecule has 0 atom stereocenters. The van der Waals surface area contributed by atoms with Gasteiger partial charge >= 0.3 is 0 Å². The van der Waals surface area contributed by atoms with Crippen LogP contribution in [0.15, 0.2) is 53.7 Å². The van der Waals surface area contributed by atoms with E-state index in [4.69, 9.17) is 11.5 Å². The number of pyridine rings is 1. The SMILES string of the molecule is Cc1cc(O)cnc1-c1cccc2ccc(C(=O)N=C(N)N)cc12. The van der Waals surface area contributed by atoms with Crippen LogP contribution in [0.4, 0.5) is 0 Å². The summed E-state index contributed by atoms with van der Waals surface area (Å²) in [5.74, 6) is -0.661. The number of carbonyl (C=O) groups excluding carboxylic acids is 1. The van der Waals surface area contributed by atoms with Crippen molar-refractivity contribution in [2.24, 2.45) is 16.5 Å². The van der Waals surface area contributed by atoms with Crippen LogP contribution in [-0.4, -0.2) is 22.0 Å². The van der Waals surface area contributed by atoms with Gasteiger partial charge in [0.15, 0.2) is 5.96 Å². The Morgan fingerprint density at radius 3 is 2.67 bits per heavy atom. The van der Waals surface area contributed by atoms with Crippen LogP contribution in [0.25, 0.3) is 22.0 Å². The molecule has 1 aromatic heterocycles. The Labute approximate surface area is 138 Å². The lowest BCUT2D eigenvalue weighted by molar-refractivity contribution is 0.100. The van der Waals surface area contributed by atoms with Crippen molar-refractivity contribution in [1.82, 2.24) is 4.98 Å². The molecule has 0 aliphatic rings. The number of hydrogen-bond acceptors (Lipinski definition) is 3. The molecule has 0 spiro atoms. The van der Waals surface area contributed by atoms with Crippen molar-refractivity contribution < 1.29 is 9.90 Å². The maximum atomic E-state index is 12.1. The van der Waals surface area contributed by atoms with Crippen LogP contribution in [-0.2, 0) is 0 Å². The van der Waals surface area contributed by atoms with Gasteiger partial charge < -0.3 is 16.6 Å². The first-order valence-electron chi connectivity index (χ1n) is 7.28. The first-order chi connectivity index (χ1) is 11.5. The van der Waals surface area contributed by atoms with Gasteiger partial charge in [0.05, 0.1) is 11.9 Å². The minimum atomic E-state index is -0.498. The highest BCUT2D eigenvalue weighted by atomic mass is 16.3. The van der Waals surface area contributed by atoms with Crippen LogP contribution < -0.4 is 11.5 Å². The van der Waals surface area contributed by atoms with Crippen LogP contribution in [0.5, 0.6) is 5.75 Å². The fourth-order valence-electron chi connectivity index (χ4n) is 2.64. The third-order valence-electron chi connectivity index (χ3n) is 3.68. The molecule has 5 N–H and O–H groups in total. The van der Waals surface area contributed by atoms with Crippen LogP contribution >= 0.6 is 0 Å². The molecule has 0 aliphatic heterocycles. The van der Waals surface area contributed by atoms with E-state index < -0.39 is 5.91 Å². The number of rotatable bonds is 2. The van der Waals surface area contributed by atoms with Gasteiger partial charge in [0.25, 0.3) is 5.91 Å². The van der Waals surface area contributed by atoms with Crippen LogP contribution in [0.3, 0.4) is 0 Å². The summed E-state index contributed by atoms with van der Waals surface area (Å²) in [5, 5.41) is 11.4. The molecule has 0 unspecified atom stereocenters. The molecule has 1 amide bonds. The number of nitrogens with zero attached hydrogens (tertiary/aromatic N) is 2. The highest BCUT2D eigenvalue weighted by Gasteiger charge is 2.11. The molecule has 3 aromatic rings. The fraction of sp³-hybridized carbons (Fsp3) is 0.0556. The van der Waals surface area contributed by atoms with Gasteiger partial charge in [-0.3, -0.25) is 9.78 Å². The first-order valence-corrected chi connectivity index (χ1v) is 7.28. The minimum Gasteiger partial charge on any atom is -0.506 e. The molecule has 3 rings (SSSR count). The van der Waals surface area contributed by atoms with Gasteiger partial charge in [0.1, 0.15) is 5.75 Å². The zero-order valence-electron chi connectivity index (χ0n) is 13.0. The maximum Gasteiger partial charge on any atom is 0.280 e. The lowest BCUT2D eigenvalue weighted by atomic mass is 9.97. The van der Waals surface area contributed by atoms with Gasteiger partial charge in [-0.05, 0) is 41.5 Å². The Morgan fingerprint density at radius 1 is 1.17 bits per heavy atom. The smallest absolute Gasteiger partial charge is 0.280 e. The van der Waals surface area contributed by atoms with Crippen molar-refractivity contribution in [3.63, 3.8) is 0 Å². The molecule has 24 heavy (non-hydrogen) atoms. The lowest BCUT2D eigenvalue weighted by Crippen LogP contribution is -2.24. The van der Waals surface area contributed by atoms with E-state index in [1.54, 1.807) is 18.2 Å². The average molecular weight is 320 g/mol. The van der Waals surface area contributed by atoms with E-state index in [9.17, 15) is 9.90 Å². The molecule has 0 radical (unpaired) electrons. The molecular weight excluding hydrogens is 304 g/mol. The van der Waals surface area contributed by atoms with Gasteiger partial charge in [-0.25, -0.2) is 0 Å². The third kappa shape index (κ3) is 2.89. The lowest BCUT2D eigenvalue weighted by Gasteiger charge is -2.10. The number of aryl methyl sites for hydroxylation is 1. The monoisotopic (exact) mass is 320 g/mol. The van der Waals surface area contributed by atoms with E-state index in [1.807, 2.05) is 31.2 Å². The molecule has 6 nitrogen and oxygen atoms in total. The molecule has 2 aromatic carbocycles. The Bertz CT molecular complexity index is 976. The summed E-state index contributed by atoms with van der Waals surface area (Å²) in [5.41, 5.74) is 13.4. The van der Waals surface area contributed by atoms with Crippen LogP contribution in [0.2, 0.25) is 0 Å². The van der Waals surface area contributed by atoms with Gasteiger partial charge in [-0.2, -0.15) is 4.99 Å². The summed E-state index contributed by atoms with van der Waals surface area (Å²) >= 11 is 0. The van der Waals surface area contributed by atoms with Gasteiger partial charge in [0, 0.05) is 11.1 Å². The Hall–Kier alpha value is -3.41. The zero-order valence-corrected chi connectivity index (χ0v) is 13.0. The number of guanidine groups is 1. The second-order valence-electron chi connectivity index (χ2n) is 5.44. The van der Waals surface area contributed by atoms with E-state index in [-0.39, 0.29) is 11.7 Å². The molecule has 0 fully saturated rings. The summed E-state index contributed by atoms with van der Waals surface area (Å²) in [6.45, 7) is 1.87. The summed E-state index contributed by atoms with van der Waals surface area (Å²) in [6.07, 6.45) is 1.40. The second kappa shape index (κ2) is 6.00. The third-order valence-corrected chi connectivity index (χ3v) is 3.68. The number of aromatic nitrogens is 1. The molecule has 0 aliphatic carbocycles. The summed E-state index contributed by atoms with van der Waals surface area (Å²) in [4.78, 5) is 20.0. The predicted octanol–water partition coefficient (Wildman–Crippen LogP) is 2.33. The van der Waals surface area contributed by atoms with Crippen molar-refractivity contribution in [2.45, 2.75) is 6.92 Å². The molecule has 0 saturated carbocycles. The average Bonchev–Trinajstić information content (AvgIpc) is 2.53. The molecular formula is C18H16N4O2. The Balaban J connectivity index is 2.22. The van der Waals surface area contributed by atoms with Crippen molar-refractivity contribution in [1.29, 1.82) is 0 Å². The van der Waals surface area contributed by atoms with Crippen LogP contribution in [0, 0.1) is 6.92 Å². The molecule has 6 heteroatoms. The number of carbonyl (C=O) groups is 1. The quantitative estimate of drug-likeness (QED) is 0.495. The molecule has 120 valence electrons. The fourth-order valence-corrected chi connectivity index (χ4v) is 2.64. The summed E-state index contributed by atoms with van der Waals surface area (Å²) < 4.78 is 0. The van der Waals surface area contributed by atoms with E-state index in [0.717, 1.165) is 27.6 Å². The van der Waals surface area contributed by atoms with Gasteiger partial charge in [-0.1, -0.05) is 24.3 Å². The zero-order chi connectivity index (χ0) is 17.3. The number of aromatic hydroxyl groups is 1. The second-order valence-corrected chi connectivity index (χ2v) is 5.44. The normalized spacial score (nSPS) is 10.5. The highest BCUT2D eigenvalue weighted by Crippen LogP contribution is 2.31. The van der Waals surface area contributed by atoms with E-state index in [2.05, 4.69) is 9.98 Å². The van der Waals surface area contributed by atoms with Crippen molar-refractivity contribution in [3.8, 4) is 17.0 Å². The van der Waals surface area contributed by atoms with Crippen molar-refractivity contribution in [2.75, 3.05) is 0 Å². The standard InChI is InChI=1S/C18H16N4O2/c1-10-7-13(23)9-21-16(10)14-4-2-3-11-5-6-12(8-15(11)14)17(24)22-18(19)20/h2-9,23H,1H3,(H4,19,20,22,24). The number of amides is 1. The molecule has 1 heterocycles. The Morgan fingerprint density at radius 2 is 1.96 bits per heavy atom. The number of hydrogen-bond donors (Lipinski definition) is 3. The summed E-state index contributed by atoms with van der Waals surface area (Å²) in [7, 11) is 0. The molecule has 0 saturated heterocycles. The van der Waals surface area contributed by atoms with Crippen LogP contribution in [0.1, 0.15) is 15.9 Å². The maximum absolute atomic E-state index is 12.1. The Kier molecular flexibility index (Phi) is 3.87. The molecule has 0 bridgehead atoms. The van der Waals surface area contributed by atoms with E-state index >= 15 is 0 Å². The number of aliphatic imine (C=N–C) groups is 1. The predicted molar refractivity (Wildman–Crippen MR) is 93.7 cm³/mol. The largest absolute Gasteiger partial charge is 0.506 e. The topological polar surface area (TPSA) is 115 Å². The van der Waals surface area contributed by atoms with Crippen molar-refractivity contribution >= 4 is 22.6 Å². The summed E-state index contributed by atoms with van der Waals surface area (Å²) in [6, 6.07) is 12.7. The number of nitrogens with two attached hydrogens (primary N) is 2. The van der Waals surface area contributed by atoms with E-state index in [0.29, 0.717) is 5.56 Å². The van der Waals surface area contributed by atoms with Gasteiger partial charge in [-0.15, -0.1) is 0 Å². The first kappa shape index (κ1) is 15.5. The van der Waals surface area contributed by atoms with E-state index in [1.165, 1.54) is 6.20 Å². The highest BCUT2D eigenvalue weighted by molar-refractivity contribution is 6.06. The number of fused-ring (bicyclic) bond motifs is 1. The number of benzene rings is 2. The van der Waals surface area contributed by atoms with Crippen molar-refractivity contribution in [3.05, 3.63) is 59.8 Å². The van der Waals surface area contributed by atoms with Gasteiger partial charge in [0.2, 0.25) is 0 Å². The minimum absolute atomic E-state index is 0.111.